The summed E-state index contributed by atoms with van der Waals surface area (Å²) < 4.78 is 0. The smallest absolute Gasteiger partial charge is 0.250 e. The van der Waals surface area contributed by atoms with Crippen molar-refractivity contribution in [3.05, 3.63) is 12.2 Å². The van der Waals surface area contributed by atoms with Gasteiger partial charge in [-0.2, -0.15) is 0 Å². The van der Waals surface area contributed by atoms with Crippen LogP contribution in [0.1, 0.15) is 12.8 Å². The first kappa shape index (κ1) is 12.6. The van der Waals surface area contributed by atoms with Crippen molar-refractivity contribution in [2.24, 2.45) is 0 Å². The molecule has 2 heterocycles. The number of piperazine rings is 1. The van der Waals surface area contributed by atoms with Crippen molar-refractivity contribution < 1.29 is 4.79 Å². The van der Waals surface area contributed by atoms with Gasteiger partial charge in [-0.25, -0.2) is 0 Å². The van der Waals surface area contributed by atoms with E-state index in [9.17, 15) is 4.79 Å². The third-order valence-electron chi connectivity index (χ3n) is 3.71. The molecule has 0 aromatic heterocycles. The Hall–Kier alpha value is -0.870. The fourth-order valence-corrected chi connectivity index (χ4v) is 2.49. The van der Waals surface area contributed by atoms with Crippen LogP contribution >= 0.6 is 0 Å². The molecule has 4 nitrogen and oxygen atoms in total. The number of hydrogen-bond acceptors (Lipinski definition) is 3. The zero-order valence-electron chi connectivity index (χ0n) is 10.8. The van der Waals surface area contributed by atoms with Gasteiger partial charge in [-0.1, -0.05) is 6.58 Å². The highest BCUT2D eigenvalue weighted by Gasteiger charge is 2.22. The number of amides is 1. The van der Waals surface area contributed by atoms with Gasteiger partial charge in [0.2, 0.25) is 5.91 Å². The second-order valence-electron chi connectivity index (χ2n) is 5.18. The first-order valence-corrected chi connectivity index (χ1v) is 6.55. The van der Waals surface area contributed by atoms with Gasteiger partial charge in [0.15, 0.2) is 0 Å². The first-order valence-electron chi connectivity index (χ1n) is 6.55. The lowest BCUT2D eigenvalue weighted by molar-refractivity contribution is -0.126. The summed E-state index contributed by atoms with van der Waals surface area (Å²) in [6, 6.07) is 0. The van der Waals surface area contributed by atoms with Crippen LogP contribution in [0, 0.1) is 0 Å². The van der Waals surface area contributed by atoms with Crippen molar-refractivity contribution in [3.8, 4) is 0 Å². The monoisotopic (exact) mass is 237 g/mol. The molecule has 0 atom stereocenters. The fourth-order valence-electron chi connectivity index (χ4n) is 2.49. The number of hydrogen-bond donors (Lipinski definition) is 0. The molecule has 2 fully saturated rings. The highest BCUT2D eigenvalue weighted by molar-refractivity contribution is 5.93. The van der Waals surface area contributed by atoms with Crippen LogP contribution in [0.3, 0.4) is 0 Å². The van der Waals surface area contributed by atoms with Crippen molar-refractivity contribution in [2.75, 3.05) is 52.9 Å². The van der Waals surface area contributed by atoms with Crippen LogP contribution in [0.2, 0.25) is 0 Å². The van der Waals surface area contributed by atoms with E-state index < -0.39 is 0 Å². The molecular formula is C13H23N3O. The summed E-state index contributed by atoms with van der Waals surface area (Å²) in [5.41, 5.74) is 0.761. The molecule has 2 rings (SSSR count). The first-order chi connectivity index (χ1) is 8.16. The molecule has 0 spiro atoms. The number of likely N-dealkylation sites (N-methyl/N-ethyl adjacent to an activating group) is 1. The summed E-state index contributed by atoms with van der Waals surface area (Å²) in [7, 11) is 2.14. The van der Waals surface area contributed by atoms with Crippen molar-refractivity contribution in [3.63, 3.8) is 0 Å². The topological polar surface area (TPSA) is 26.8 Å². The molecule has 2 aliphatic heterocycles. The van der Waals surface area contributed by atoms with Crippen molar-refractivity contribution >= 4 is 5.91 Å². The summed E-state index contributed by atoms with van der Waals surface area (Å²) in [6.45, 7) is 10.8. The number of carbonyl (C=O) groups excluding carboxylic acids is 1. The molecule has 0 aromatic rings. The molecule has 0 aromatic carbocycles. The van der Waals surface area contributed by atoms with E-state index in [1.165, 1.54) is 0 Å². The minimum absolute atomic E-state index is 0.168. The summed E-state index contributed by atoms with van der Waals surface area (Å²) >= 11 is 0. The number of rotatable bonds is 3. The Labute approximate surface area is 104 Å². The highest BCUT2D eigenvalue weighted by atomic mass is 16.2. The van der Waals surface area contributed by atoms with Gasteiger partial charge in [-0.05, 0) is 19.9 Å². The standard InChI is InChI=1S/C13H23N3O/c1-12(13(17)16-5-3-4-6-16)11-15-9-7-14(2)8-10-15/h1,3-11H2,2H3. The van der Waals surface area contributed by atoms with E-state index in [0.717, 1.165) is 64.2 Å². The summed E-state index contributed by atoms with van der Waals surface area (Å²) in [5, 5.41) is 0. The maximum atomic E-state index is 12.1. The quantitative estimate of drug-likeness (QED) is 0.665. The van der Waals surface area contributed by atoms with Crippen LogP contribution in [-0.2, 0) is 4.79 Å². The molecule has 0 unspecified atom stereocenters. The summed E-state index contributed by atoms with van der Waals surface area (Å²) in [6.07, 6.45) is 2.29. The molecule has 0 aliphatic carbocycles. The van der Waals surface area contributed by atoms with Crippen molar-refractivity contribution in [1.82, 2.24) is 14.7 Å². The van der Waals surface area contributed by atoms with E-state index in [1.807, 2.05) is 4.90 Å². The SMILES string of the molecule is C=C(CN1CCN(C)CC1)C(=O)N1CCCC1. The highest BCUT2D eigenvalue weighted by Crippen LogP contribution is 2.12. The molecule has 96 valence electrons. The van der Waals surface area contributed by atoms with E-state index in [1.54, 1.807) is 0 Å². The van der Waals surface area contributed by atoms with Crippen LogP contribution in [-0.4, -0.2) is 73.5 Å². The molecule has 2 aliphatic rings. The van der Waals surface area contributed by atoms with E-state index >= 15 is 0 Å². The van der Waals surface area contributed by atoms with Crippen LogP contribution < -0.4 is 0 Å². The lowest BCUT2D eigenvalue weighted by Gasteiger charge is -2.33. The van der Waals surface area contributed by atoms with E-state index in [2.05, 4.69) is 23.4 Å². The van der Waals surface area contributed by atoms with Gasteiger partial charge in [-0.15, -0.1) is 0 Å². The maximum Gasteiger partial charge on any atom is 0.250 e. The predicted molar refractivity (Wildman–Crippen MR) is 68.9 cm³/mol. The number of carbonyl (C=O) groups is 1. The van der Waals surface area contributed by atoms with E-state index in [4.69, 9.17) is 0 Å². The van der Waals surface area contributed by atoms with Crippen LogP contribution in [0.25, 0.3) is 0 Å². The van der Waals surface area contributed by atoms with Crippen LogP contribution in [0.5, 0.6) is 0 Å². The van der Waals surface area contributed by atoms with Gasteiger partial charge in [0, 0.05) is 51.4 Å². The van der Waals surface area contributed by atoms with Crippen molar-refractivity contribution in [2.45, 2.75) is 12.8 Å². The Kier molecular flexibility index (Phi) is 4.18. The van der Waals surface area contributed by atoms with Gasteiger partial charge < -0.3 is 9.80 Å². The maximum absolute atomic E-state index is 12.1. The molecule has 0 N–H and O–H groups in total. The Morgan fingerprint density at radius 3 is 2.24 bits per heavy atom. The number of nitrogens with zero attached hydrogens (tertiary/aromatic N) is 3. The van der Waals surface area contributed by atoms with Gasteiger partial charge in [0.05, 0.1) is 0 Å². The minimum Gasteiger partial charge on any atom is -0.339 e. The molecule has 2 saturated heterocycles. The zero-order chi connectivity index (χ0) is 12.3. The summed E-state index contributed by atoms with van der Waals surface area (Å²) in [5.74, 6) is 0.168. The molecule has 17 heavy (non-hydrogen) atoms. The van der Waals surface area contributed by atoms with Gasteiger partial charge in [0.25, 0.3) is 0 Å². The number of likely N-dealkylation sites (tertiary alicyclic amines) is 1. The molecule has 0 saturated carbocycles. The summed E-state index contributed by atoms with van der Waals surface area (Å²) in [4.78, 5) is 18.7. The lowest BCUT2D eigenvalue weighted by atomic mass is 10.2. The molecular weight excluding hydrogens is 214 g/mol. The van der Waals surface area contributed by atoms with Gasteiger partial charge >= 0.3 is 0 Å². The Bertz CT molecular complexity index is 289. The normalized spacial score (nSPS) is 23.0. The molecule has 0 radical (unpaired) electrons. The van der Waals surface area contributed by atoms with Crippen molar-refractivity contribution in [1.29, 1.82) is 0 Å². The molecule has 4 heteroatoms. The molecule has 0 bridgehead atoms. The van der Waals surface area contributed by atoms with Crippen LogP contribution in [0.15, 0.2) is 12.2 Å². The molecule has 1 amide bonds. The van der Waals surface area contributed by atoms with Gasteiger partial charge in [0.1, 0.15) is 0 Å². The second kappa shape index (κ2) is 5.65. The third-order valence-corrected chi connectivity index (χ3v) is 3.71. The van der Waals surface area contributed by atoms with Crippen LogP contribution in [0.4, 0.5) is 0 Å². The average molecular weight is 237 g/mol. The predicted octanol–water partition coefficient (Wildman–Crippen LogP) is 0.412. The van der Waals surface area contributed by atoms with Gasteiger partial charge in [-0.3, -0.25) is 9.69 Å². The average Bonchev–Trinajstić information content (AvgIpc) is 2.84. The Balaban J connectivity index is 1.78. The Morgan fingerprint density at radius 2 is 1.65 bits per heavy atom. The Morgan fingerprint density at radius 1 is 1.06 bits per heavy atom. The second-order valence-corrected chi connectivity index (χ2v) is 5.18. The zero-order valence-corrected chi connectivity index (χ0v) is 10.8. The van der Waals surface area contributed by atoms with E-state index in [-0.39, 0.29) is 5.91 Å². The lowest BCUT2D eigenvalue weighted by Crippen LogP contribution is -2.46. The largest absolute Gasteiger partial charge is 0.339 e. The third kappa shape index (κ3) is 3.30. The fraction of sp³-hybridized carbons (Fsp3) is 0.769. The minimum atomic E-state index is 0.168. The van der Waals surface area contributed by atoms with E-state index in [0.29, 0.717) is 0 Å².